The molecule has 0 aliphatic heterocycles. The predicted molar refractivity (Wildman–Crippen MR) is 76.4 cm³/mol. The van der Waals surface area contributed by atoms with Crippen LogP contribution in [0.25, 0.3) is 0 Å². The second-order valence-corrected chi connectivity index (χ2v) is 4.97. The minimum absolute atomic E-state index is 0.395. The fourth-order valence-electron chi connectivity index (χ4n) is 1.62. The van der Waals surface area contributed by atoms with Gasteiger partial charge in [-0.25, -0.2) is 9.78 Å². The lowest BCUT2D eigenvalue weighted by Gasteiger charge is -2.09. The Morgan fingerprint density at radius 2 is 2.32 bits per heavy atom. The first-order chi connectivity index (χ1) is 9.10. The third-order valence-corrected chi connectivity index (χ3v) is 3.54. The van der Waals surface area contributed by atoms with Crippen molar-refractivity contribution < 1.29 is 9.53 Å². The van der Waals surface area contributed by atoms with Crippen LogP contribution in [0.2, 0.25) is 0 Å². The maximum atomic E-state index is 11.4. The molecule has 0 atom stereocenters. The number of esters is 1. The van der Waals surface area contributed by atoms with Crippen LogP contribution in [0.15, 0.2) is 23.6 Å². The highest BCUT2D eigenvalue weighted by Gasteiger charge is 2.08. The van der Waals surface area contributed by atoms with Gasteiger partial charge in [0.2, 0.25) is 0 Å². The third kappa shape index (κ3) is 3.23. The van der Waals surface area contributed by atoms with Gasteiger partial charge in [0.25, 0.3) is 0 Å². The summed E-state index contributed by atoms with van der Waals surface area (Å²) in [7, 11) is 1.34. The average molecular weight is 277 g/mol. The maximum Gasteiger partial charge on any atom is 0.337 e. The Morgan fingerprint density at radius 3 is 2.89 bits per heavy atom. The van der Waals surface area contributed by atoms with Crippen molar-refractivity contribution in [3.8, 4) is 0 Å². The molecule has 1 aromatic carbocycles. The van der Waals surface area contributed by atoms with Crippen molar-refractivity contribution in [3.63, 3.8) is 0 Å². The zero-order valence-electron chi connectivity index (χ0n) is 10.8. The van der Waals surface area contributed by atoms with Crippen molar-refractivity contribution in [2.45, 2.75) is 13.5 Å². The molecule has 0 saturated carbocycles. The molecule has 0 radical (unpaired) electrons. The molecule has 0 fully saturated rings. The number of thiazole rings is 1. The fourth-order valence-corrected chi connectivity index (χ4v) is 2.33. The number of rotatable bonds is 4. The van der Waals surface area contributed by atoms with Crippen LogP contribution >= 0.6 is 11.3 Å². The number of anilines is 2. The predicted octanol–water partition coefficient (Wildman–Crippen LogP) is 2.43. The molecule has 2 aromatic rings. The summed E-state index contributed by atoms with van der Waals surface area (Å²) in [5, 5.41) is 6.19. The summed E-state index contributed by atoms with van der Waals surface area (Å²) in [4.78, 5) is 15.7. The number of nitrogens with zero attached hydrogens (tertiary/aromatic N) is 1. The molecule has 0 saturated heterocycles. The van der Waals surface area contributed by atoms with Gasteiger partial charge in [-0.15, -0.1) is 11.3 Å². The van der Waals surface area contributed by atoms with Crippen LogP contribution in [-0.4, -0.2) is 18.1 Å². The first-order valence-corrected chi connectivity index (χ1v) is 6.61. The molecule has 0 unspecified atom stereocenters. The van der Waals surface area contributed by atoms with Gasteiger partial charge in [0.15, 0.2) is 0 Å². The number of benzene rings is 1. The molecule has 3 N–H and O–H groups in total. The summed E-state index contributed by atoms with van der Waals surface area (Å²) < 4.78 is 4.64. The molecule has 5 nitrogen and oxygen atoms in total. The monoisotopic (exact) mass is 277 g/mol. The van der Waals surface area contributed by atoms with E-state index in [1.54, 1.807) is 29.5 Å². The van der Waals surface area contributed by atoms with Crippen LogP contribution in [-0.2, 0) is 11.3 Å². The number of aromatic nitrogens is 1. The van der Waals surface area contributed by atoms with E-state index in [4.69, 9.17) is 5.73 Å². The summed E-state index contributed by atoms with van der Waals surface area (Å²) >= 11 is 1.60. The van der Waals surface area contributed by atoms with Gasteiger partial charge < -0.3 is 15.8 Å². The summed E-state index contributed by atoms with van der Waals surface area (Å²) in [6.07, 6.45) is 0. The molecule has 2 rings (SSSR count). The Hall–Kier alpha value is -2.08. The Balaban J connectivity index is 2.07. The Kier molecular flexibility index (Phi) is 4.01. The van der Waals surface area contributed by atoms with E-state index >= 15 is 0 Å². The largest absolute Gasteiger partial charge is 0.465 e. The van der Waals surface area contributed by atoms with Gasteiger partial charge >= 0.3 is 5.97 Å². The Bertz CT molecular complexity index is 595. The van der Waals surface area contributed by atoms with E-state index in [0.717, 1.165) is 16.4 Å². The van der Waals surface area contributed by atoms with Crippen LogP contribution < -0.4 is 11.1 Å². The van der Waals surface area contributed by atoms with E-state index in [1.807, 2.05) is 12.3 Å². The molecule has 0 aliphatic rings. The highest BCUT2D eigenvalue weighted by Crippen LogP contribution is 2.21. The number of nitrogens with one attached hydrogen (secondary N) is 1. The zero-order chi connectivity index (χ0) is 13.8. The second kappa shape index (κ2) is 5.71. The van der Waals surface area contributed by atoms with E-state index < -0.39 is 5.97 Å². The van der Waals surface area contributed by atoms with Crippen molar-refractivity contribution in [3.05, 3.63) is 39.8 Å². The van der Waals surface area contributed by atoms with Crippen LogP contribution in [0.3, 0.4) is 0 Å². The number of hydrogen-bond donors (Lipinski definition) is 2. The van der Waals surface area contributed by atoms with E-state index in [1.165, 1.54) is 7.11 Å². The second-order valence-electron chi connectivity index (χ2n) is 4.03. The molecular formula is C13H15N3O2S. The van der Waals surface area contributed by atoms with Crippen molar-refractivity contribution in [1.29, 1.82) is 0 Å². The number of carbonyl (C=O) groups excluding carboxylic acids is 1. The summed E-state index contributed by atoms with van der Waals surface area (Å²) in [5.41, 5.74) is 8.63. The number of ether oxygens (including phenoxy) is 1. The van der Waals surface area contributed by atoms with Crippen LogP contribution in [0.4, 0.5) is 11.4 Å². The quantitative estimate of drug-likeness (QED) is 0.663. The minimum Gasteiger partial charge on any atom is -0.465 e. The molecule has 0 amide bonds. The van der Waals surface area contributed by atoms with Gasteiger partial charge in [0.1, 0.15) is 5.01 Å². The number of aryl methyl sites for hydroxylation is 1. The highest BCUT2D eigenvalue weighted by atomic mass is 32.1. The number of hydrogen-bond acceptors (Lipinski definition) is 6. The Morgan fingerprint density at radius 1 is 1.53 bits per heavy atom. The summed E-state index contributed by atoms with van der Waals surface area (Å²) in [5.74, 6) is -0.395. The van der Waals surface area contributed by atoms with Gasteiger partial charge in [-0.1, -0.05) is 0 Å². The lowest BCUT2D eigenvalue weighted by molar-refractivity contribution is 0.0601. The molecule has 0 aliphatic carbocycles. The minimum atomic E-state index is -0.395. The first kappa shape index (κ1) is 13.4. The van der Waals surface area contributed by atoms with Crippen molar-refractivity contribution in [2.75, 3.05) is 18.2 Å². The fraction of sp³-hybridized carbons (Fsp3) is 0.231. The van der Waals surface area contributed by atoms with Gasteiger partial charge in [0, 0.05) is 11.1 Å². The zero-order valence-corrected chi connectivity index (χ0v) is 11.6. The van der Waals surface area contributed by atoms with Gasteiger partial charge in [-0.3, -0.25) is 0 Å². The van der Waals surface area contributed by atoms with E-state index in [2.05, 4.69) is 15.0 Å². The third-order valence-electron chi connectivity index (χ3n) is 2.57. The maximum absolute atomic E-state index is 11.4. The Labute approximate surface area is 115 Å². The van der Waals surface area contributed by atoms with E-state index in [-0.39, 0.29) is 0 Å². The van der Waals surface area contributed by atoms with Gasteiger partial charge in [-0.2, -0.15) is 0 Å². The van der Waals surface area contributed by atoms with Gasteiger partial charge in [0.05, 0.1) is 30.6 Å². The van der Waals surface area contributed by atoms with Gasteiger partial charge in [-0.05, 0) is 25.1 Å². The number of methoxy groups -OCH3 is 1. The van der Waals surface area contributed by atoms with Crippen molar-refractivity contribution in [1.82, 2.24) is 4.98 Å². The standard InChI is InChI=1S/C13H15N3O2S/c1-8-7-19-12(16-8)6-15-11-4-3-9(5-10(11)14)13(17)18-2/h3-5,7,15H,6,14H2,1-2H3. The molecule has 6 heteroatoms. The topological polar surface area (TPSA) is 77.2 Å². The van der Waals surface area contributed by atoms with E-state index in [0.29, 0.717) is 17.8 Å². The van der Waals surface area contributed by atoms with Crippen molar-refractivity contribution in [2.24, 2.45) is 0 Å². The lowest BCUT2D eigenvalue weighted by atomic mass is 10.1. The number of carbonyl (C=O) groups is 1. The molecule has 0 bridgehead atoms. The lowest BCUT2D eigenvalue weighted by Crippen LogP contribution is -2.06. The summed E-state index contributed by atoms with van der Waals surface area (Å²) in [6.45, 7) is 2.57. The molecule has 0 spiro atoms. The molecule has 19 heavy (non-hydrogen) atoms. The first-order valence-electron chi connectivity index (χ1n) is 5.73. The van der Waals surface area contributed by atoms with E-state index in [9.17, 15) is 4.79 Å². The molecular weight excluding hydrogens is 262 g/mol. The molecule has 100 valence electrons. The van der Waals surface area contributed by atoms with Crippen LogP contribution in [0.5, 0.6) is 0 Å². The average Bonchev–Trinajstić information content (AvgIpc) is 2.82. The summed E-state index contributed by atoms with van der Waals surface area (Å²) in [6, 6.07) is 5.04. The van der Waals surface area contributed by atoms with Crippen LogP contribution in [0.1, 0.15) is 21.1 Å². The van der Waals surface area contributed by atoms with Crippen LogP contribution in [0, 0.1) is 6.92 Å². The SMILES string of the molecule is COC(=O)c1ccc(NCc2nc(C)cs2)c(N)c1. The number of nitrogen functional groups attached to an aromatic ring is 1. The number of nitrogens with two attached hydrogens (primary N) is 1. The molecule has 1 aromatic heterocycles. The normalized spacial score (nSPS) is 10.2. The smallest absolute Gasteiger partial charge is 0.337 e. The van der Waals surface area contributed by atoms with Crippen molar-refractivity contribution >= 4 is 28.7 Å². The highest BCUT2D eigenvalue weighted by molar-refractivity contribution is 7.09. The molecule has 1 heterocycles.